The second-order valence-corrected chi connectivity index (χ2v) is 5.35. The molecule has 2 rings (SSSR count). The van der Waals surface area contributed by atoms with E-state index in [2.05, 4.69) is 5.32 Å². The topological polar surface area (TPSA) is 38.3 Å². The minimum Gasteiger partial charge on any atom is -0.484 e. The lowest BCUT2D eigenvalue weighted by molar-refractivity contribution is -0.137. The van der Waals surface area contributed by atoms with Crippen LogP contribution in [0.2, 0.25) is 10.0 Å². The molecule has 0 spiro atoms. The molecule has 8 heteroatoms. The Balaban J connectivity index is 2.04. The first kappa shape index (κ1) is 17.4. The van der Waals surface area contributed by atoms with E-state index in [-0.39, 0.29) is 10.7 Å². The summed E-state index contributed by atoms with van der Waals surface area (Å²) in [7, 11) is 0. The van der Waals surface area contributed by atoms with Crippen molar-refractivity contribution in [2.45, 2.75) is 6.18 Å². The number of carbonyl (C=O) groups excluding carboxylic acids is 1. The number of benzene rings is 2. The number of hydrogen-bond donors (Lipinski definition) is 1. The van der Waals surface area contributed by atoms with Gasteiger partial charge in [-0.05, 0) is 42.5 Å². The first-order valence-electron chi connectivity index (χ1n) is 6.30. The molecule has 0 aliphatic heterocycles. The first-order valence-corrected chi connectivity index (χ1v) is 7.06. The molecule has 0 fully saturated rings. The predicted molar refractivity (Wildman–Crippen MR) is 82.0 cm³/mol. The Kier molecular flexibility index (Phi) is 5.38. The van der Waals surface area contributed by atoms with Crippen LogP contribution in [0, 0.1) is 0 Å². The summed E-state index contributed by atoms with van der Waals surface area (Å²) in [5, 5.41) is 2.58. The third kappa shape index (κ3) is 5.04. The Morgan fingerprint density at radius 3 is 2.26 bits per heavy atom. The molecule has 0 atom stereocenters. The molecule has 0 aliphatic rings. The number of amides is 1. The predicted octanol–water partition coefficient (Wildman–Crippen LogP) is 5.03. The lowest BCUT2D eigenvalue weighted by Crippen LogP contribution is -2.22. The van der Waals surface area contributed by atoms with E-state index in [1.165, 1.54) is 6.07 Å². The van der Waals surface area contributed by atoms with Gasteiger partial charge in [-0.3, -0.25) is 4.79 Å². The molecular weight excluding hydrogens is 354 g/mol. The van der Waals surface area contributed by atoms with Gasteiger partial charge in [-0.1, -0.05) is 23.2 Å². The first-order chi connectivity index (χ1) is 10.8. The van der Waals surface area contributed by atoms with Gasteiger partial charge in [0.1, 0.15) is 5.75 Å². The molecular formula is C15H10Cl2F3NO2. The van der Waals surface area contributed by atoms with Gasteiger partial charge in [0.15, 0.2) is 6.61 Å². The molecule has 0 bridgehead atoms. The van der Waals surface area contributed by atoms with E-state index in [4.69, 9.17) is 27.9 Å². The Hall–Kier alpha value is -1.92. The molecule has 0 aromatic heterocycles. The van der Waals surface area contributed by atoms with Gasteiger partial charge in [0, 0.05) is 10.0 Å². The average molecular weight is 364 g/mol. The highest BCUT2D eigenvalue weighted by molar-refractivity contribution is 6.31. The average Bonchev–Trinajstić information content (AvgIpc) is 2.47. The number of rotatable bonds is 4. The maximum Gasteiger partial charge on any atom is 0.418 e. The number of ether oxygens (including phenoxy) is 1. The van der Waals surface area contributed by atoms with Crippen LogP contribution in [0.3, 0.4) is 0 Å². The summed E-state index contributed by atoms with van der Waals surface area (Å²) in [5.74, 6) is -0.357. The monoisotopic (exact) mass is 363 g/mol. The molecule has 23 heavy (non-hydrogen) atoms. The molecule has 0 saturated carbocycles. The zero-order valence-electron chi connectivity index (χ0n) is 11.5. The largest absolute Gasteiger partial charge is 0.484 e. The summed E-state index contributed by atoms with van der Waals surface area (Å²) in [5.41, 5.74) is -1.41. The van der Waals surface area contributed by atoms with Crippen LogP contribution in [-0.2, 0) is 11.0 Å². The number of hydrogen-bond acceptors (Lipinski definition) is 2. The summed E-state index contributed by atoms with van der Waals surface area (Å²) in [4.78, 5) is 11.8. The molecule has 2 aromatic rings. The van der Waals surface area contributed by atoms with Crippen LogP contribution in [0.25, 0.3) is 0 Å². The highest BCUT2D eigenvalue weighted by Crippen LogP contribution is 2.36. The fourth-order valence-corrected chi connectivity index (χ4v) is 2.02. The minimum absolute atomic E-state index is 0.0762. The Morgan fingerprint density at radius 2 is 1.65 bits per heavy atom. The van der Waals surface area contributed by atoms with Crippen molar-refractivity contribution in [3.63, 3.8) is 0 Å². The van der Waals surface area contributed by atoms with Crippen LogP contribution in [-0.4, -0.2) is 12.5 Å². The van der Waals surface area contributed by atoms with Gasteiger partial charge in [0.05, 0.1) is 11.3 Å². The number of carbonyl (C=O) groups is 1. The van der Waals surface area contributed by atoms with Crippen LogP contribution in [0.15, 0.2) is 42.5 Å². The summed E-state index contributed by atoms with van der Waals surface area (Å²) >= 11 is 11.3. The van der Waals surface area contributed by atoms with Gasteiger partial charge < -0.3 is 10.1 Å². The third-order valence-corrected chi connectivity index (χ3v) is 3.23. The van der Waals surface area contributed by atoms with Gasteiger partial charge in [-0.15, -0.1) is 0 Å². The highest BCUT2D eigenvalue weighted by Gasteiger charge is 2.34. The van der Waals surface area contributed by atoms with Gasteiger partial charge in [0.2, 0.25) is 0 Å². The molecule has 122 valence electrons. The summed E-state index contributed by atoms with van der Waals surface area (Å²) in [6.45, 7) is -0.443. The van der Waals surface area contributed by atoms with Gasteiger partial charge in [0.25, 0.3) is 5.91 Å². The van der Waals surface area contributed by atoms with Crippen molar-refractivity contribution in [2.75, 3.05) is 11.9 Å². The van der Waals surface area contributed by atoms with Crippen molar-refractivity contribution < 1.29 is 22.7 Å². The molecule has 0 heterocycles. The summed E-state index contributed by atoms with van der Waals surface area (Å²) in [6, 6.07) is 9.30. The van der Waals surface area contributed by atoms with Crippen LogP contribution in [0.4, 0.5) is 18.9 Å². The molecule has 3 nitrogen and oxygen atoms in total. The van der Waals surface area contributed by atoms with E-state index < -0.39 is 24.3 Å². The SMILES string of the molecule is O=C(COc1ccc(Cl)cc1)Nc1ccc(Cl)cc1C(F)(F)F. The quantitative estimate of drug-likeness (QED) is 0.827. The molecule has 1 N–H and O–H groups in total. The standard InChI is InChI=1S/C15H10Cl2F3NO2/c16-9-1-4-11(5-2-9)23-8-14(22)21-13-6-3-10(17)7-12(13)15(18,19)20/h1-7H,8H2,(H,21,22). The van der Waals surface area contributed by atoms with Crippen molar-refractivity contribution >= 4 is 34.8 Å². The number of alkyl halides is 3. The smallest absolute Gasteiger partial charge is 0.418 e. The van der Waals surface area contributed by atoms with Gasteiger partial charge in [-0.2, -0.15) is 13.2 Å². The van der Waals surface area contributed by atoms with Gasteiger partial charge in [-0.25, -0.2) is 0 Å². The Labute approximate surface area is 140 Å². The number of nitrogens with one attached hydrogen (secondary N) is 1. The maximum atomic E-state index is 12.9. The second kappa shape index (κ2) is 7.10. The summed E-state index contributed by atoms with van der Waals surface area (Å²) in [6.07, 6.45) is -4.63. The molecule has 1 amide bonds. The fourth-order valence-electron chi connectivity index (χ4n) is 1.73. The number of anilines is 1. The molecule has 0 aliphatic carbocycles. The van der Waals surface area contributed by atoms with Crippen LogP contribution in [0.5, 0.6) is 5.75 Å². The van der Waals surface area contributed by atoms with E-state index in [0.717, 1.165) is 12.1 Å². The third-order valence-electron chi connectivity index (χ3n) is 2.74. The molecule has 0 saturated heterocycles. The summed E-state index contributed by atoms with van der Waals surface area (Å²) < 4.78 is 43.9. The van der Waals surface area contributed by atoms with Crippen LogP contribution in [0.1, 0.15) is 5.56 Å². The van der Waals surface area contributed by atoms with E-state index in [9.17, 15) is 18.0 Å². The lowest BCUT2D eigenvalue weighted by atomic mass is 10.1. The Bertz CT molecular complexity index is 703. The van der Waals surface area contributed by atoms with Gasteiger partial charge >= 0.3 is 6.18 Å². The fraction of sp³-hybridized carbons (Fsp3) is 0.133. The van der Waals surface area contributed by atoms with Crippen molar-refractivity contribution in [3.8, 4) is 5.75 Å². The number of halogens is 5. The van der Waals surface area contributed by atoms with Crippen molar-refractivity contribution in [1.82, 2.24) is 0 Å². The maximum absolute atomic E-state index is 12.9. The molecule has 0 radical (unpaired) electrons. The highest BCUT2D eigenvalue weighted by atomic mass is 35.5. The lowest BCUT2D eigenvalue weighted by Gasteiger charge is -2.14. The molecule has 2 aromatic carbocycles. The normalized spacial score (nSPS) is 11.2. The van der Waals surface area contributed by atoms with E-state index in [0.29, 0.717) is 10.8 Å². The zero-order valence-corrected chi connectivity index (χ0v) is 13.0. The van der Waals surface area contributed by atoms with Crippen molar-refractivity contribution in [3.05, 3.63) is 58.1 Å². The molecule has 0 unspecified atom stereocenters. The van der Waals surface area contributed by atoms with Crippen molar-refractivity contribution in [1.29, 1.82) is 0 Å². The van der Waals surface area contributed by atoms with Crippen LogP contribution >= 0.6 is 23.2 Å². The van der Waals surface area contributed by atoms with E-state index in [1.54, 1.807) is 24.3 Å². The minimum atomic E-state index is -4.63. The Morgan fingerprint density at radius 1 is 1.04 bits per heavy atom. The van der Waals surface area contributed by atoms with Crippen molar-refractivity contribution in [2.24, 2.45) is 0 Å². The van der Waals surface area contributed by atoms with Crippen LogP contribution < -0.4 is 10.1 Å². The van der Waals surface area contributed by atoms with E-state index in [1.807, 2.05) is 0 Å². The second-order valence-electron chi connectivity index (χ2n) is 4.48. The zero-order chi connectivity index (χ0) is 17.0. The van der Waals surface area contributed by atoms with E-state index >= 15 is 0 Å².